The van der Waals surface area contributed by atoms with Crippen molar-refractivity contribution in [1.82, 2.24) is 10.4 Å². The number of carbonyl (C=O) groups excluding carboxylic acids is 2. The Hall–Kier alpha value is -1.72. The van der Waals surface area contributed by atoms with E-state index in [0.717, 1.165) is 17.0 Å². The zero-order valence-electron chi connectivity index (χ0n) is 11.3. The van der Waals surface area contributed by atoms with E-state index in [9.17, 15) is 9.59 Å². The van der Waals surface area contributed by atoms with Gasteiger partial charge in [0.25, 0.3) is 0 Å². The zero-order chi connectivity index (χ0) is 14.1. The molecule has 0 saturated carbocycles. The number of hydrogen-bond donors (Lipinski definition) is 1. The molecule has 0 radical (unpaired) electrons. The van der Waals surface area contributed by atoms with Gasteiger partial charge in [-0.2, -0.15) is 0 Å². The van der Waals surface area contributed by atoms with Crippen LogP contribution in [0.4, 0.5) is 0 Å². The molecule has 19 heavy (non-hydrogen) atoms. The Balaban J connectivity index is 2.47. The minimum absolute atomic E-state index is 0.0980. The van der Waals surface area contributed by atoms with E-state index in [1.165, 1.54) is 0 Å². The van der Waals surface area contributed by atoms with Crippen molar-refractivity contribution < 1.29 is 14.3 Å². The summed E-state index contributed by atoms with van der Waals surface area (Å²) in [7, 11) is 0. The number of benzene rings is 1. The lowest BCUT2D eigenvalue weighted by Crippen LogP contribution is -2.48. The van der Waals surface area contributed by atoms with Crippen LogP contribution in [0.5, 0.6) is 0 Å². The Morgan fingerprint density at radius 2 is 1.89 bits per heavy atom. The summed E-state index contributed by atoms with van der Waals surface area (Å²) in [5.74, 6) is 0. The quantitative estimate of drug-likeness (QED) is 0.542. The van der Waals surface area contributed by atoms with E-state index < -0.39 is 0 Å². The van der Waals surface area contributed by atoms with Crippen molar-refractivity contribution >= 4 is 12.8 Å². The molecular weight excluding hydrogens is 244 g/mol. The van der Waals surface area contributed by atoms with Gasteiger partial charge in [-0.1, -0.05) is 37.3 Å². The second-order valence-electron chi connectivity index (χ2n) is 4.26. The molecule has 0 spiro atoms. The van der Waals surface area contributed by atoms with E-state index in [4.69, 9.17) is 4.74 Å². The Morgan fingerprint density at radius 1 is 1.26 bits per heavy atom. The molecule has 2 atom stereocenters. The van der Waals surface area contributed by atoms with E-state index >= 15 is 0 Å². The van der Waals surface area contributed by atoms with Crippen molar-refractivity contribution in [2.75, 3.05) is 0 Å². The van der Waals surface area contributed by atoms with Gasteiger partial charge >= 0.3 is 0 Å². The lowest BCUT2D eigenvalue weighted by atomic mass is 10.1. The van der Waals surface area contributed by atoms with E-state index in [1.807, 2.05) is 44.2 Å². The molecule has 1 N–H and O–H groups in total. The summed E-state index contributed by atoms with van der Waals surface area (Å²) in [6.45, 7) is 4.38. The van der Waals surface area contributed by atoms with Gasteiger partial charge in [0, 0.05) is 0 Å². The van der Waals surface area contributed by atoms with E-state index in [1.54, 1.807) is 0 Å². The van der Waals surface area contributed by atoms with Gasteiger partial charge in [-0.05, 0) is 18.9 Å². The number of imide groups is 1. The zero-order valence-corrected chi connectivity index (χ0v) is 11.3. The average molecular weight is 264 g/mol. The van der Waals surface area contributed by atoms with Crippen LogP contribution < -0.4 is 5.43 Å². The smallest absolute Gasteiger partial charge is 0.230 e. The Kier molecular flexibility index (Phi) is 6.78. The lowest BCUT2D eigenvalue weighted by Gasteiger charge is -2.26. The summed E-state index contributed by atoms with van der Waals surface area (Å²) in [5, 5.41) is 0.872. The van der Waals surface area contributed by atoms with Gasteiger partial charge in [-0.3, -0.25) is 9.59 Å². The third-order valence-corrected chi connectivity index (χ3v) is 2.90. The maximum absolute atomic E-state index is 10.6. The predicted molar refractivity (Wildman–Crippen MR) is 71.9 cm³/mol. The van der Waals surface area contributed by atoms with Crippen LogP contribution >= 0.6 is 0 Å². The van der Waals surface area contributed by atoms with Gasteiger partial charge in [0.2, 0.25) is 12.8 Å². The molecule has 5 heteroatoms. The molecule has 0 unspecified atom stereocenters. The minimum Gasteiger partial charge on any atom is -0.372 e. The maximum Gasteiger partial charge on any atom is 0.230 e. The Bertz CT molecular complexity index is 376. The Labute approximate surface area is 113 Å². The van der Waals surface area contributed by atoms with Crippen LogP contribution in [0.2, 0.25) is 0 Å². The van der Waals surface area contributed by atoms with Gasteiger partial charge < -0.3 is 4.74 Å². The summed E-state index contributed by atoms with van der Waals surface area (Å²) >= 11 is 0. The van der Waals surface area contributed by atoms with Crippen LogP contribution in [0.1, 0.15) is 25.8 Å². The molecule has 2 amide bonds. The van der Waals surface area contributed by atoms with Crippen LogP contribution in [0.15, 0.2) is 30.3 Å². The summed E-state index contributed by atoms with van der Waals surface area (Å²) in [5.41, 5.74) is 3.90. The van der Waals surface area contributed by atoms with Crippen LogP contribution in [-0.4, -0.2) is 30.0 Å². The number of amides is 2. The van der Waals surface area contributed by atoms with Crippen molar-refractivity contribution in [3.8, 4) is 0 Å². The summed E-state index contributed by atoms with van der Waals surface area (Å²) in [6.07, 6.45) is 1.51. The molecule has 0 bridgehead atoms. The first-order chi connectivity index (χ1) is 9.21. The van der Waals surface area contributed by atoms with Crippen molar-refractivity contribution in [2.45, 2.75) is 39.0 Å². The highest BCUT2D eigenvalue weighted by atomic mass is 16.5. The lowest BCUT2D eigenvalue weighted by molar-refractivity contribution is -0.134. The van der Waals surface area contributed by atoms with Crippen LogP contribution in [0.25, 0.3) is 0 Å². The number of nitrogens with zero attached hydrogens (tertiary/aromatic N) is 1. The van der Waals surface area contributed by atoms with Crippen molar-refractivity contribution in [1.29, 1.82) is 0 Å². The van der Waals surface area contributed by atoms with Crippen LogP contribution in [-0.2, 0) is 20.9 Å². The molecule has 0 fully saturated rings. The minimum atomic E-state index is -0.118. The molecule has 0 saturated heterocycles. The molecule has 0 heterocycles. The molecule has 5 nitrogen and oxygen atoms in total. The first-order valence-corrected chi connectivity index (χ1v) is 6.31. The molecule has 104 valence electrons. The standard InChI is InChI=1S/C14H20N2O3/c1-3-14(15-16(10-17)11-18)12(2)19-9-13-7-5-4-6-8-13/h4-8,10-12,14-15H,3,9H2,1-2H3/t12-,14-/m0/s1. The average Bonchev–Trinajstić information content (AvgIpc) is 2.47. The van der Waals surface area contributed by atoms with Gasteiger partial charge in [-0.25, -0.2) is 10.4 Å². The highest BCUT2D eigenvalue weighted by molar-refractivity contribution is 5.67. The number of nitrogens with one attached hydrogen (secondary N) is 1. The molecule has 1 aromatic rings. The first-order valence-electron chi connectivity index (χ1n) is 6.31. The number of carbonyl (C=O) groups is 2. The third-order valence-electron chi connectivity index (χ3n) is 2.90. The van der Waals surface area contributed by atoms with Crippen LogP contribution in [0.3, 0.4) is 0 Å². The van der Waals surface area contributed by atoms with Crippen molar-refractivity contribution in [3.05, 3.63) is 35.9 Å². The second kappa shape index (κ2) is 8.39. The monoisotopic (exact) mass is 264 g/mol. The first kappa shape index (κ1) is 15.3. The Morgan fingerprint density at radius 3 is 2.42 bits per heavy atom. The van der Waals surface area contributed by atoms with Crippen LogP contribution in [0, 0.1) is 0 Å². The number of ether oxygens (including phenoxy) is 1. The topological polar surface area (TPSA) is 58.6 Å². The van der Waals surface area contributed by atoms with E-state index in [-0.39, 0.29) is 12.1 Å². The largest absolute Gasteiger partial charge is 0.372 e. The highest BCUT2D eigenvalue weighted by Gasteiger charge is 2.18. The fourth-order valence-electron chi connectivity index (χ4n) is 1.72. The molecule has 0 aliphatic rings. The molecule has 0 aliphatic carbocycles. The van der Waals surface area contributed by atoms with E-state index in [0.29, 0.717) is 19.4 Å². The molecular formula is C14H20N2O3. The van der Waals surface area contributed by atoms with Crippen molar-refractivity contribution in [2.24, 2.45) is 0 Å². The number of hydrogen-bond acceptors (Lipinski definition) is 4. The fourth-order valence-corrected chi connectivity index (χ4v) is 1.72. The molecule has 0 aromatic heterocycles. The van der Waals surface area contributed by atoms with Gasteiger partial charge in [0.15, 0.2) is 0 Å². The maximum atomic E-state index is 10.6. The normalized spacial score (nSPS) is 13.6. The fraction of sp³-hybridized carbons (Fsp3) is 0.429. The number of hydrazine groups is 1. The summed E-state index contributed by atoms with van der Waals surface area (Å²) in [4.78, 5) is 21.2. The van der Waals surface area contributed by atoms with Gasteiger partial charge in [0.1, 0.15) is 0 Å². The highest BCUT2D eigenvalue weighted by Crippen LogP contribution is 2.08. The summed E-state index contributed by atoms with van der Waals surface area (Å²) in [6, 6.07) is 9.75. The van der Waals surface area contributed by atoms with Gasteiger partial charge in [0.05, 0.1) is 18.8 Å². The molecule has 1 aromatic carbocycles. The third kappa shape index (κ3) is 5.19. The SMILES string of the molecule is CC[C@H](NN(C=O)C=O)[C@H](C)OCc1ccccc1. The van der Waals surface area contributed by atoms with E-state index in [2.05, 4.69) is 5.43 Å². The predicted octanol–water partition coefficient (Wildman–Crippen LogP) is 1.49. The second-order valence-corrected chi connectivity index (χ2v) is 4.26. The molecule has 0 aliphatic heterocycles. The van der Waals surface area contributed by atoms with Gasteiger partial charge in [-0.15, -0.1) is 0 Å². The molecule has 1 rings (SSSR count). The van der Waals surface area contributed by atoms with Crippen molar-refractivity contribution in [3.63, 3.8) is 0 Å². The summed E-state index contributed by atoms with van der Waals surface area (Å²) < 4.78 is 5.75. The number of rotatable bonds is 9.